The van der Waals surface area contributed by atoms with Gasteiger partial charge in [0.15, 0.2) is 0 Å². The van der Waals surface area contributed by atoms with Crippen molar-refractivity contribution in [3.63, 3.8) is 0 Å². The zero-order chi connectivity index (χ0) is 14.8. The average molecular weight is 338 g/mol. The SMILES string of the molecule is Cc1nn(CCC(O)(CN)c2ccccc2)c(C)c1Br. The van der Waals surface area contributed by atoms with Crippen molar-refractivity contribution in [1.29, 1.82) is 0 Å². The van der Waals surface area contributed by atoms with Gasteiger partial charge in [-0.05, 0) is 35.3 Å². The first-order valence-electron chi connectivity index (χ1n) is 6.65. The molecule has 1 aromatic heterocycles. The molecule has 1 unspecified atom stereocenters. The minimum atomic E-state index is -1.01. The van der Waals surface area contributed by atoms with Gasteiger partial charge in [-0.25, -0.2) is 0 Å². The predicted molar refractivity (Wildman–Crippen MR) is 83.4 cm³/mol. The average Bonchev–Trinajstić information content (AvgIpc) is 2.73. The Labute approximate surface area is 127 Å². The van der Waals surface area contributed by atoms with E-state index in [1.165, 1.54) is 0 Å². The van der Waals surface area contributed by atoms with E-state index in [0.29, 0.717) is 13.0 Å². The highest BCUT2D eigenvalue weighted by molar-refractivity contribution is 9.10. The summed E-state index contributed by atoms with van der Waals surface area (Å²) < 4.78 is 2.93. The lowest BCUT2D eigenvalue weighted by atomic mass is 9.90. The molecule has 0 bridgehead atoms. The zero-order valence-electron chi connectivity index (χ0n) is 11.8. The monoisotopic (exact) mass is 337 g/mol. The molecule has 0 aliphatic rings. The molecule has 1 atom stereocenters. The Hall–Kier alpha value is -1.17. The van der Waals surface area contributed by atoms with Gasteiger partial charge >= 0.3 is 0 Å². The number of aryl methyl sites for hydroxylation is 2. The topological polar surface area (TPSA) is 64.1 Å². The Morgan fingerprint density at radius 3 is 2.45 bits per heavy atom. The van der Waals surface area contributed by atoms with Crippen LogP contribution in [-0.4, -0.2) is 21.4 Å². The zero-order valence-corrected chi connectivity index (χ0v) is 13.4. The number of nitrogens with two attached hydrogens (primary N) is 1. The molecule has 5 heteroatoms. The van der Waals surface area contributed by atoms with E-state index in [0.717, 1.165) is 21.4 Å². The first kappa shape index (κ1) is 15.2. The molecule has 0 amide bonds. The molecular weight excluding hydrogens is 318 g/mol. The number of rotatable bonds is 5. The lowest BCUT2D eigenvalue weighted by Crippen LogP contribution is -2.36. The van der Waals surface area contributed by atoms with E-state index in [1.807, 2.05) is 48.9 Å². The standard InChI is InChI=1S/C15H20BrN3O/c1-11-14(16)12(2)19(18-11)9-8-15(20,10-17)13-6-4-3-5-7-13/h3-7,20H,8-10,17H2,1-2H3. The van der Waals surface area contributed by atoms with Gasteiger partial charge in [0.1, 0.15) is 5.60 Å². The maximum Gasteiger partial charge on any atom is 0.104 e. The first-order chi connectivity index (χ1) is 9.48. The Morgan fingerprint density at radius 2 is 1.95 bits per heavy atom. The largest absolute Gasteiger partial charge is 0.384 e. The van der Waals surface area contributed by atoms with Crippen LogP contribution >= 0.6 is 15.9 Å². The number of halogens is 1. The minimum Gasteiger partial charge on any atom is -0.384 e. The fourth-order valence-electron chi connectivity index (χ4n) is 2.30. The second kappa shape index (κ2) is 6.08. The molecule has 0 aliphatic carbocycles. The summed E-state index contributed by atoms with van der Waals surface area (Å²) in [6.07, 6.45) is 0.530. The van der Waals surface area contributed by atoms with Crippen LogP contribution in [0.5, 0.6) is 0 Å². The van der Waals surface area contributed by atoms with Crippen molar-refractivity contribution in [3.8, 4) is 0 Å². The fourth-order valence-corrected chi connectivity index (χ4v) is 2.58. The van der Waals surface area contributed by atoms with Gasteiger partial charge in [0.25, 0.3) is 0 Å². The first-order valence-corrected chi connectivity index (χ1v) is 7.45. The highest BCUT2D eigenvalue weighted by Crippen LogP contribution is 2.26. The third-order valence-electron chi connectivity index (χ3n) is 3.68. The van der Waals surface area contributed by atoms with E-state index in [4.69, 9.17) is 5.73 Å². The van der Waals surface area contributed by atoms with Crippen LogP contribution in [0.15, 0.2) is 34.8 Å². The summed E-state index contributed by atoms with van der Waals surface area (Å²) >= 11 is 3.51. The van der Waals surface area contributed by atoms with Crippen LogP contribution in [0.25, 0.3) is 0 Å². The van der Waals surface area contributed by atoms with Gasteiger partial charge in [0, 0.05) is 25.2 Å². The van der Waals surface area contributed by atoms with E-state index in [-0.39, 0.29) is 6.54 Å². The van der Waals surface area contributed by atoms with Crippen molar-refractivity contribution >= 4 is 15.9 Å². The predicted octanol–water partition coefficient (Wildman–Crippen LogP) is 2.50. The fraction of sp³-hybridized carbons (Fsp3) is 0.400. The summed E-state index contributed by atoms with van der Waals surface area (Å²) in [5, 5.41) is 15.2. The van der Waals surface area contributed by atoms with Crippen molar-refractivity contribution < 1.29 is 5.11 Å². The molecule has 108 valence electrons. The number of nitrogens with zero attached hydrogens (tertiary/aromatic N) is 2. The van der Waals surface area contributed by atoms with E-state index < -0.39 is 5.60 Å². The second-order valence-electron chi connectivity index (χ2n) is 5.06. The van der Waals surface area contributed by atoms with Gasteiger partial charge in [-0.3, -0.25) is 4.68 Å². The lowest BCUT2D eigenvalue weighted by Gasteiger charge is -2.27. The number of hydrogen-bond acceptors (Lipinski definition) is 3. The summed E-state index contributed by atoms with van der Waals surface area (Å²) in [7, 11) is 0. The van der Waals surface area contributed by atoms with Gasteiger partial charge < -0.3 is 10.8 Å². The minimum absolute atomic E-state index is 0.192. The molecule has 1 heterocycles. The van der Waals surface area contributed by atoms with E-state index in [1.54, 1.807) is 0 Å². The summed E-state index contributed by atoms with van der Waals surface area (Å²) in [6, 6.07) is 9.57. The van der Waals surface area contributed by atoms with Crippen molar-refractivity contribution in [1.82, 2.24) is 9.78 Å². The van der Waals surface area contributed by atoms with Crippen molar-refractivity contribution in [2.24, 2.45) is 5.73 Å². The van der Waals surface area contributed by atoms with Crippen molar-refractivity contribution in [2.75, 3.05) is 6.54 Å². The van der Waals surface area contributed by atoms with Gasteiger partial charge in [0.05, 0.1) is 10.2 Å². The van der Waals surface area contributed by atoms with E-state index in [2.05, 4.69) is 21.0 Å². The van der Waals surface area contributed by atoms with Crippen LogP contribution in [0.1, 0.15) is 23.4 Å². The summed E-state index contributed by atoms with van der Waals surface area (Å²) in [4.78, 5) is 0. The highest BCUT2D eigenvalue weighted by atomic mass is 79.9. The van der Waals surface area contributed by atoms with E-state index >= 15 is 0 Å². The summed E-state index contributed by atoms with van der Waals surface area (Å²) in [5.41, 5.74) is 7.65. The smallest absolute Gasteiger partial charge is 0.104 e. The molecule has 0 aliphatic heterocycles. The molecule has 2 rings (SSSR count). The Bertz CT molecular complexity index is 582. The van der Waals surface area contributed by atoms with Crippen LogP contribution in [0, 0.1) is 13.8 Å². The molecule has 2 aromatic rings. The molecule has 3 N–H and O–H groups in total. The number of hydrogen-bond donors (Lipinski definition) is 2. The third-order valence-corrected chi connectivity index (χ3v) is 4.83. The van der Waals surface area contributed by atoms with Crippen molar-refractivity contribution in [2.45, 2.75) is 32.4 Å². The third kappa shape index (κ3) is 2.95. The summed E-state index contributed by atoms with van der Waals surface area (Å²) in [5.74, 6) is 0. The Morgan fingerprint density at radius 1 is 1.30 bits per heavy atom. The van der Waals surface area contributed by atoms with Crippen LogP contribution in [0.3, 0.4) is 0 Å². The molecular formula is C15H20BrN3O. The lowest BCUT2D eigenvalue weighted by molar-refractivity contribution is 0.0311. The van der Waals surface area contributed by atoms with Crippen LogP contribution in [-0.2, 0) is 12.1 Å². The van der Waals surface area contributed by atoms with Gasteiger partial charge in [-0.1, -0.05) is 30.3 Å². The van der Waals surface area contributed by atoms with E-state index in [9.17, 15) is 5.11 Å². The Balaban J connectivity index is 2.17. The van der Waals surface area contributed by atoms with Gasteiger partial charge in [-0.15, -0.1) is 0 Å². The Kier molecular flexibility index (Phi) is 4.62. The van der Waals surface area contributed by atoms with Crippen LogP contribution in [0.4, 0.5) is 0 Å². The molecule has 1 aromatic carbocycles. The van der Waals surface area contributed by atoms with Crippen LogP contribution < -0.4 is 5.73 Å². The summed E-state index contributed by atoms with van der Waals surface area (Å²) in [6.45, 7) is 4.78. The quantitative estimate of drug-likeness (QED) is 0.880. The molecule has 0 radical (unpaired) electrons. The molecule has 0 saturated heterocycles. The number of aromatic nitrogens is 2. The second-order valence-corrected chi connectivity index (χ2v) is 5.85. The van der Waals surface area contributed by atoms with Crippen LogP contribution in [0.2, 0.25) is 0 Å². The van der Waals surface area contributed by atoms with Gasteiger partial charge in [0.2, 0.25) is 0 Å². The number of aliphatic hydroxyl groups is 1. The molecule has 20 heavy (non-hydrogen) atoms. The molecule has 0 spiro atoms. The molecule has 4 nitrogen and oxygen atoms in total. The normalized spacial score (nSPS) is 14.2. The van der Waals surface area contributed by atoms with Crippen molar-refractivity contribution in [3.05, 3.63) is 51.8 Å². The van der Waals surface area contributed by atoms with Gasteiger partial charge in [-0.2, -0.15) is 5.10 Å². The highest BCUT2D eigenvalue weighted by Gasteiger charge is 2.27. The number of benzene rings is 1. The maximum atomic E-state index is 10.7. The maximum absolute atomic E-state index is 10.7. The molecule has 0 saturated carbocycles. The molecule has 0 fully saturated rings.